The van der Waals surface area contributed by atoms with Crippen molar-refractivity contribution in [3.8, 4) is 0 Å². The highest BCUT2D eigenvalue weighted by Crippen LogP contribution is 2.34. The highest BCUT2D eigenvalue weighted by atomic mass is 19.1. The molecule has 0 unspecified atom stereocenters. The summed E-state index contributed by atoms with van der Waals surface area (Å²) in [6.07, 6.45) is 0.0199. The highest BCUT2D eigenvalue weighted by Gasteiger charge is 2.27. The maximum Gasteiger partial charge on any atom is 0.253 e. The van der Waals surface area contributed by atoms with E-state index in [0.717, 1.165) is 6.07 Å². The molecule has 36 heavy (non-hydrogen) atoms. The van der Waals surface area contributed by atoms with Gasteiger partial charge in [-0.05, 0) is 24.6 Å². The zero-order chi connectivity index (χ0) is 25.6. The normalized spacial score (nSPS) is 17.5. The number of aliphatic hydroxyl groups excluding tert-OH is 1. The molecular formula is C26H27F2N3O5. The first-order chi connectivity index (χ1) is 17.2. The summed E-state index contributed by atoms with van der Waals surface area (Å²) in [6, 6.07) is 6.74. The van der Waals surface area contributed by atoms with E-state index in [9.17, 15) is 23.5 Å². The van der Waals surface area contributed by atoms with Gasteiger partial charge in [-0.3, -0.25) is 9.59 Å². The Hall–Kier alpha value is -3.50. The molecule has 1 N–H and O–H groups in total. The van der Waals surface area contributed by atoms with Crippen molar-refractivity contribution >= 4 is 28.4 Å². The smallest absolute Gasteiger partial charge is 0.253 e. The fraction of sp³-hybridized carbons (Fsp3) is 0.385. The van der Waals surface area contributed by atoms with Crippen molar-refractivity contribution in [2.24, 2.45) is 0 Å². The third kappa shape index (κ3) is 4.42. The Morgan fingerprint density at radius 3 is 2.72 bits per heavy atom. The van der Waals surface area contributed by atoms with E-state index in [1.807, 2.05) is 9.80 Å². The summed E-state index contributed by atoms with van der Waals surface area (Å²) in [6.45, 7) is 1.70. The lowest BCUT2D eigenvalue weighted by atomic mass is 10.0. The Balaban J connectivity index is 1.62. The minimum absolute atomic E-state index is 0.156. The van der Waals surface area contributed by atoms with Crippen LogP contribution in [0, 0.1) is 11.6 Å². The highest BCUT2D eigenvalue weighted by molar-refractivity contribution is 5.98. The molecule has 0 bridgehead atoms. The number of carbonyl (C=O) groups is 1. The van der Waals surface area contributed by atoms with Crippen LogP contribution in [0.4, 0.5) is 20.4 Å². The minimum Gasteiger partial charge on any atom is -0.440 e. The molecule has 2 aliphatic rings. The zero-order valence-electron chi connectivity index (χ0n) is 20.1. The molecule has 3 heterocycles. The van der Waals surface area contributed by atoms with E-state index in [-0.39, 0.29) is 29.9 Å². The van der Waals surface area contributed by atoms with Crippen LogP contribution in [0.5, 0.6) is 0 Å². The number of rotatable bonds is 5. The molecule has 0 saturated carbocycles. The molecule has 0 radical (unpaired) electrons. The van der Waals surface area contributed by atoms with Crippen molar-refractivity contribution in [1.82, 2.24) is 4.90 Å². The quantitative estimate of drug-likeness (QED) is 0.578. The summed E-state index contributed by atoms with van der Waals surface area (Å²) in [5.74, 6) is -1.20. The summed E-state index contributed by atoms with van der Waals surface area (Å²) in [5, 5.41) is 9.74. The summed E-state index contributed by atoms with van der Waals surface area (Å²) in [7, 11) is 3.24. The number of halogens is 2. The molecule has 190 valence electrons. The van der Waals surface area contributed by atoms with Crippen LogP contribution in [0.25, 0.3) is 11.0 Å². The lowest BCUT2D eigenvalue weighted by molar-refractivity contribution is 0.00256. The molecule has 2 aromatic carbocycles. The average Bonchev–Trinajstić information content (AvgIpc) is 3.26. The van der Waals surface area contributed by atoms with E-state index in [2.05, 4.69) is 0 Å². The molecule has 1 aromatic heterocycles. The van der Waals surface area contributed by atoms with Crippen molar-refractivity contribution in [3.63, 3.8) is 0 Å². The lowest BCUT2D eigenvalue weighted by Crippen LogP contribution is -2.44. The van der Waals surface area contributed by atoms with Crippen molar-refractivity contribution in [2.75, 3.05) is 56.7 Å². The molecule has 2 aliphatic heterocycles. The summed E-state index contributed by atoms with van der Waals surface area (Å²) < 4.78 is 40.1. The lowest BCUT2D eigenvalue weighted by Gasteiger charge is -2.32. The molecule has 8 nitrogen and oxygen atoms in total. The van der Waals surface area contributed by atoms with E-state index in [1.54, 1.807) is 20.2 Å². The van der Waals surface area contributed by atoms with Crippen LogP contribution in [0.15, 0.2) is 39.5 Å². The third-order valence-corrected chi connectivity index (χ3v) is 6.67. The van der Waals surface area contributed by atoms with E-state index in [1.165, 1.54) is 23.1 Å². The molecule has 3 aromatic rings. The van der Waals surface area contributed by atoms with Gasteiger partial charge in [0.2, 0.25) is 0 Å². The van der Waals surface area contributed by atoms with Crippen molar-refractivity contribution in [1.29, 1.82) is 0 Å². The fourth-order valence-electron chi connectivity index (χ4n) is 4.86. The number of anilines is 2. The first-order valence-electron chi connectivity index (χ1n) is 11.8. The van der Waals surface area contributed by atoms with Gasteiger partial charge in [-0.1, -0.05) is 0 Å². The first kappa shape index (κ1) is 24.2. The number of morpholine rings is 1. The number of hydrogen-bond donors (Lipinski definition) is 1. The fourth-order valence-corrected chi connectivity index (χ4v) is 4.86. The van der Waals surface area contributed by atoms with Crippen LogP contribution in [-0.2, 0) is 17.7 Å². The van der Waals surface area contributed by atoms with Crippen molar-refractivity contribution in [3.05, 3.63) is 68.9 Å². The van der Waals surface area contributed by atoms with E-state index < -0.39 is 17.7 Å². The Kier molecular flexibility index (Phi) is 6.40. The Bertz CT molecular complexity index is 1390. The average molecular weight is 500 g/mol. The van der Waals surface area contributed by atoms with Crippen LogP contribution in [0.1, 0.15) is 21.5 Å². The van der Waals surface area contributed by atoms with Gasteiger partial charge in [0, 0.05) is 74.8 Å². The number of fused-ring (bicyclic) bond motifs is 2. The summed E-state index contributed by atoms with van der Waals surface area (Å²) >= 11 is 0. The van der Waals surface area contributed by atoms with Crippen LogP contribution in [0.3, 0.4) is 0 Å². The molecule has 0 aliphatic carbocycles. The molecule has 10 heteroatoms. The topological polar surface area (TPSA) is 86.5 Å². The number of carbonyl (C=O) groups excluding carboxylic acids is 1. The van der Waals surface area contributed by atoms with Crippen LogP contribution in [0.2, 0.25) is 0 Å². The second kappa shape index (κ2) is 9.51. The SMILES string of the molecule is CN(C)C(=O)c1cc(CN2CCc3c(F)cc(F)cc32)c2oc(N3CCO[C@H](CO)C3)cc(=O)c2c1. The number of nitrogens with zero attached hydrogens (tertiary/aromatic N) is 3. The number of amides is 1. The maximum atomic E-state index is 14.3. The predicted octanol–water partition coefficient (Wildman–Crippen LogP) is 2.53. The van der Waals surface area contributed by atoms with Gasteiger partial charge in [0.05, 0.1) is 24.7 Å². The van der Waals surface area contributed by atoms with Crippen molar-refractivity contribution in [2.45, 2.75) is 19.1 Å². The monoisotopic (exact) mass is 499 g/mol. The Labute approximate surface area is 206 Å². The Morgan fingerprint density at radius 1 is 1.17 bits per heavy atom. The molecule has 1 amide bonds. The number of ether oxygens (including phenoxy) is 1. The number of aliphatic hydroxyl groups is 1. The van der Waals surface area contributed by atoms with E-state index in [0.29, 0.717) is 66.5 Å². The third-order valence-electron chi connectivity index (χ3n) is 6.67. The maximum absolute atomic E-state index is 14.3. The molecule has 1 atom stereocenters. The van der Waals surface area contributed by atoms with E-state index in [4.69, 9.17) is 9.15 Å². The predicted molar refractivity (Wildman–Crippen MR) is 131 cm³/mol. The summed E-state index contributed by atoms with van der Waals surface area (Å²) in [4.78, 5) is 31.1. The van der Waals surface area contributed by atoms with Gasteiger partial charge in [0.1, 0.15) is 17.2 Å². The van der Waals surface area contributed by atoms with Gasteiger partial charge in [-0.15, -0.1) is 0 Å². The van der Waals surface area contributed by atoms with Gasteiger partial charge in [0.25, 0.3) is 5.91 Å². The van der Waals surface area contributed by atoms with Gasteiger partial charge in [-0.2, -0.15) is 0 Å². The second-order valence-electron chi connectivity index (χ2n) is 9.34. The minimum atomic E-state index is -0.667. The van der Waals surface area contributed by atoms with Crippen LogP contribution >= 0.6 is 0 Å². The second-order valence-corrected chi connectivity index (χ2v) is 9.34. The number of hydrogen-bond acceptors (Lipinski definition) is 7. The molecule has 1 saturated heterocycles. The van der Waals surface area contributed by atoms with Gasteiger partial charge < -0.3 is 29.0 Å². The van der Waals surface area contributed by atoms with Crippen molar-refractivity contribution < 1.29 is 27.8 Å². The van der Waals surface area contributed by atoms with Gasteiger partial charge in [-0.25, -0.2) is 8.78 Å². The first-order valence-corrected chi connectivity index (χ1v) is 11.8. The standard InChI is InChI=1S/C26H27F2N3O5/c1-29(2)26(34)15-7-16(12-30-4-3-19-21(28)9-17(27)10-22(19)30)25-20(8-15)23(33)11-24(36-25)31-5-6-35-18(13-31)14-32/h7-11,18,32H,3-6,12-14H2,1-2H3/t18-/m0/s1. The van der Waals surface area contributed by atoms with Crippen LogP contribution in [-0.4, -0.2) is 69.0 Å². The molecule has 5 rings (SSSR count). The molecular weight excluding hydrogens is 472 g/mol. The largest absolute Gasteiger partial charge is 0.440 e. The summed E-state index contributed by atoms with van der Waals surface area (Å²) in [5.41, 5.74) is 1.76. The number of benzene rings is 2. The van der Waals surface area contributed by atoms with Crippen LogP contribution < -0.4 is 15.2 Å². The molecule has 1 fully saturated rings. The van der Waals surface area contributed by atoms with Gasteiger partial charge >= 0.3 is 0 Å². The Morgan fingerprint density at radius 2 is 1.97 bits per heavy atom. The van der Waals surface area contributed by atoms with E-state index >= 15 is 0 Å². The molecule has 0 spiro atoms. The van der Waals surface area contributed by atoms with Gasteiger partial charge in [0.15, 0.2) is 11.3 Å². The zero-order valence-corrected chi connectivity index (χ0v) is 20.1.